The van der Waals surface area contributed by atoms with Gasteiger partial charge in [0.1, 0.15) is 5.75 Å². The standard InChI is InChI=1S/C11H8F6O2/c1-19-7-4-2-6(3-5-7)8(18)9(12,13)11(16,17)10(8,14)15/h2-5,18H,1H3. The lowest BCUT2D eigenvalue weighted by atomic mass is 9.64. The second-order valence-corrected chi connectivity index (χ2v) is 4.16. The van der Waals surface area contributed by atoms with Gasteiger partial charge < -0.3 is 9.84 Å². The van der Waals surface area contributed by atoms with E-state index in [4.69, 9.17) is 0 Å². The van der Waals surface area contributed by atoms with E-state index in [2.05, 4.69) is 4.74 Å². The van der Waals surface area contributed by atoms with Crippen LogP contribution in [0.5, 0.6) is 5.75 Å². The summed E-state index contributed by atoms with van der Waals surface area (Å²) in [5.74, 6) is -16.0. The van der Waals surface area contributed by atoms with Crippen molar-refractivity contribution in [3.05, 3.63) is 29.8 Å². The molecule has 1 N–H and O–H groups in total. The van der Waals surface area contributed by atoms with E-state index in [1.165, 1.54) is 7.11 Å². The predicted octanol–water partition coefficient (Wildman–Crippen LogP) is 2.80. The molecule has 8 heteroatoms. The quantitative estimate of drug-likeness (QED) is 0.847. The molecule has 2 nitrogen and oxygen atoms in total. The maximum Gasteiger partial charge on any atom is 0.379 e. The highest BCUT2D eigenvalue weighted by Gasteiger charge is 2.98. The van der Waals surface area contributed by atoms with Crippen LogP contribution in [-0.2, 0) is 5.60 Å². The molecule has 0 amide bonds. The van der Waals surface area contributed by atoms with Crippen LogP contribution in [0.15, 0.2) is 24.3 Å². The number of methoxy groups -OCH3 is 1. The molecule has 1 aliphatic carbocycles. The number of aliphatic hydroxyl groups is 1. The molecule has 0 heterocycles. The van der Waals surface area contributed by atoms with Crippen molar-refractivity contribution < 1.29 is 36.2 Å². The first kappa shape index (κ1) is 14.0. The molecule has 0 spiro atoms. The van der Waals surface area contributed by atoms with Crippen LogP contribution in [0.2, 0.25) is 0 Å². The van der Waals surface area contributed by atoms with Crippen LogP contribution >= 0.6 is 0 Å². The Balaban J connectivity index is 2.53. The third kappa shape index (κ3) is 1.27. The molecule has 0 aliphatic heterocycles. The van der Waals surface area contributed by atoms with Crippen LogP contribution in [0, 0.1) is 0 Å². The van der Waals surface area contributed by atoms with Gasteiger partial charge in [-0.25, -0.2) is 0 Å². The number of rotatable bonds is 2. The molecule has 1 aliphatic rings. The smallest absolute Gasteiger partial charge is 0.379 e. The van der Waals surface area contributed by atoms with Gasteiger partial charge in [0.2, 0.25) is 5.60 Å². The van der Waals surface area contributed by atoms with Gasteiger partial charge in [-0.1, -0.05) is 12.1 Å². The molecule has 0 unspecified atom stereocenters. The molecule has 19 heavy (non-hydrogen) atoms. The zero-order valence-corrected chi connectivity index (χ0v) is 9.43. The topological polar surface area (TPSA) is 29.5 Å². The summed E-state index contributed by atoms with van der Waals surface area (Å²) in [6, 6.07) is 3.40. The van der Waals surface area contributed by atoms with E-state index in [-0.39, 0.29) is 5.75 Å². The number of alkyl halides is 6. The number of halogens is 6. The van der Waals surface area contributed by atoms with Gasteiger partial charge in [0.25, 0.3) is 0 Å². The van der Waals surface area contributed by atoms with Gasteiger partial charge in [0.05, 0.1) is 7.11 Å². The molecule has 0 bridgehead atoms. The Labute approximate surface area is 103 Å². The highest BCUT2D eigenvalue weighted by atomic mass is 19.4. The molecular formula is C11H8F6O2. The van der Waals surface area contributed by atoms with Crippen molar-refractivity contribution in [2.75, 3.05) is 7.11 Å². The summed E-state index contributed by atoms with van der Waals surface area (Å²) in [4.78, 5) is 0. The third-order valence-corrected chi connectivity index (χ3v) is 3.21. The summed E-state index contributed by atoms with van der Waals surface area (Å²) in [7, 11) is 1.24. The molecule has 1 fully saturated rings. The fourth-order valence-electron chi connectivity index (χ4n) is 1.98. The summed E-state index contributed by atoms with van der Waals surface area (Å²) in [6.45, 7) is 0. The Morgan fingerprint density at radius 1 is 0.842 bits per heavy atom. The van der Waals surface area contributed by atoms with Crippen molar-refractivity contribution in [3.8, 4) is 5.75 Å². The number of hydrogen-bond acceptors (Lipinski definition) is 2. The molecule has 0 atom stereocenters. The van der Waals surface area contributed by atoms with E-state index < -0.39 is 28.9 Å². The second-order valence-electron chi connectivity index (χ2n) is 4.16. The lowest BCUT2D eigenvalue weighted by Crippen LogP contribution is -2.84. The Hall–Kier alpha value is -1.44. The minimum absolute atomic E-state index is 0.144. The zero-order valence-electron chi connectivity index (χ0n) is 9.43. The highest BCUT2D eigenvalue weighted by Crippen LogP contribution is 2.70. The summed E-state index contributed by atoms with van der Waals surface area (Å²) >= 11 is 0. The first-order valence-corrected chi connectivity index (χ1v) is 5.04. The van der Waals surface area contributed by atoms with E-state index in [0.29, 0.717) is 12.1 Å². The summed E-state index contributed by atoms with van der Waals surface area (Å²) < 4.78 is 83.0. The summed E-state index contributed by atoms with van der Waals surface area (Å²) in [5, 5.41) is 9.42. The minimum Gasteiger partial charge on any atom is -0.497 e. The molecule has 106 valence electrons. The van der Waals surface area contributed by atoms with Crippen molar-refractivity contribution in [2.45, 2.75) is 23.4 Å². The fraction of sp³-hybridized carbons (Fsp3) is 0.455. The monoisotopic (exact) mass is 286 g/mol. The zero-order chi connectivity index (χ0) is 14.7. The van der Waals surface area contributed by atoms with Gasteiger partial charge >= 0.3 is 17.8 Å². The van der Waals surface area contributed by atoms with Gasteiger partial charge in [-0.2, -0.15) is 26.3 Å². The van der Waals surface area contributed by atoms with E-state index >= 15 is 0 Å². The van der Waals surface area contributed by atoms with Crippen molar-refractivity contribution >= 4 is 0 Å². The molecule has 0 radical (unpaired) electrons. The van der Waals surface area contributed by atoms with Crippen LogP contribution in [0.3, 0.4) is 0 Å². The average molecular weight is 286 g/mol. The number of hydrogen-bond donors (Lipinski definition) is 1. The predicted molar refractivity (Wildman–Crippen MR) is 51.7 cm³/mol. The molecule has 0 aromatic heterocycles. The summed E-state index contributed by atoms with van der Waals surface area (Å²) in [5.41, 5.74) is -5.25. The molecule has 2 rings (SSSR count). The minimum atomic E-state index is -5.60. The van der Waals surface area contributed by atoms with Crippen LogP contribution < -0.4 is 4.74 Å². The summed E-state index contributed by atoms with van der Waals surface area (Å²) in [6.07, 6.45) is 0. The Bertz CT molecular complexity index is 478. The SMILES string of the molecule is COc1ccc(C2(O)C(F)(F)C(F)(F)C2(F)F)cc1. The molecule has 1 aromatic carbocycles. The molecule has 0 saturated heterocycles. The van der Waals surface area contributed by atoms with Crippen molar-refractivity contribution in [1.82, 2.24) is 0 Å². The Kier molecular flexibility index (Phi) is 2.62. The van der Waals surface area contributed by atoms with Crippen molar-refractivity contribution in [1.29, 1.82) is 0 Å². The maximum absolute atomic E-state index is 13.2. The van der Waals surface area contributed by atoms with Crippen LogP contribution in [0.25, 0.3) is 0 Å². The van der Waals surface area contributed by atoms with Gasteiger partial charge in [-0.3, -0.25) is 0 Å². The average Bonchev–Trinajstić information content (AvgIpc) is 2.36. The van der Waals surface area contributed by atoms with Gasteiger partial charge in [-0.05, 0) is 17.7 Å². The van der Waals surface area contributed by atoms with Crippen LogP contribution in [0.4, 0.5) is 26.3 Å². The first-order valence-electron chi connectivity index (χ1n) is 5.04. The van der Waals surface area contributed by atoms with Gasteiger partial charge in [0.15, 0.2) is 0 Å². The van der Waals surface area contributed by atoms with E-state index in [0.717, 1.165) is 12.1 Å². The van der Waals surface area contributed by atoms with E-state index in [1.807, 2.05) is 0 Å². The number of benzene rings is 1. The number of ether oxygens (including phenoxy) is 1. The highest BCUT2D eigenvalue weighted by molar-refractivity contribution is 5.41. The first-order chi connectivity index (χ1) is 8.54. The Morgan fingerprint density at radius 2 is 1.26 bits per heavy atom. The maximum atomic E-state index is 13.2. The van der Waals surface area contributed by atoms with Gasteiger partial charge in [0, 0.05) is 0 Å². The lowest BCUT2D eigenvalue weighted by molar-refractivity contribution is -0.497. The lowest BCUT2D eigenvalue weighted by Gasteiger charge is -2.55. The molecule has 1 saturated carbocycles. The molecule has 1 aromatic rings. The van der Waals surface area contributed by atoms with E-state index in [9.17, 15) is 31.4 Å². The Morgan fingerprint density at radius 3 is 1.63 bits per heavy atom. The van der Waals surface area contributed by atoms with Crippen molar-refractivity contribution in [2.24, 2.45) is 0 Å². The fourth-order valence-corrected chi connectivity index (χ4v) is 1.98. The second kappa shape index (κ2) is 3.56. The third-order valence-electron chi connectivity index (χ3n) is 3.21. The van der Waals surface area contributed by atoms with Gasteiger partial charge in [-0.15, -0.1) is 0 Å². The molecular weight excluding hydrogens is 278 g/mol. The normalized spacial score (nSPS) is 25.5. The largest absolute Gasteiger partial charge is 0.497 e. The van der Waals surface area contributed by atoms with Crippen molar-refractivity contribution in [3.63, 3.8) is 0 Å². The van der Waals surface area contributed by atoms with E-state index in [1.54, 1.807) is 0 Å². The van der Waals surface area contributed by atoms with Crippen LogP contribution in [-0.4, -0.2) is 30.0 Å². The van der Waals surface area contributed by atoms with Crippen LogP contribution in [0.1, 0.15) is 5.56 Å².